The summed E-state index contributed by atoms with van der Waals surface area (Å²) in [6, 6.07) is 17.8. The summed E-state index contributed by atoms with van der Waals surface area (Å²) < 4.78 is 5.62. The summed E-state index contributed by atoms with van der Waals surface area (Å²) in [5.74, 6) is 1.92. The largest absolute Gasteiger partial charge is 0.496 e. The Balaban J connectivity index is 1.77. The number of fused-ring (bicyclic) bond motifs is 3. The average Bonchev–Trinajstić information content (AvgIpc) is 2.70. The molecular formula is C22H25NO2. The SMILES string of the molecule is COc1ccccc1C(C(=O)c1ccccc1)C1CN2CCC1CC2. The van der Waals surface area contributed by atoms with Gasteiger partial charge in [-0.25, -0.2) is 0 Å². The second kappa shape index (κ2) is 7.01. The lowest BCUT2D eigenvalue weighted by Crippen LogP contribution is -2.50. The zero-order chi connectivity index (χ0) is 17.2. The van der Waals surface area contributed by atoms with Gasteiger partial charge in [-0.3, -0.25) is 4.79 Å². The van der Waals surface area contributed by atoms with E-state index in [-0.39, 0.29) is 11.7 Å². The van der Waals surface area contributed by atoms with Crippen LogP contribution in [0.4, 0.5) is 0 Å². The molecule has 130 valence electrons. The quantitative estimate of drug-likeness (QED) is 0.774. The number of rotatable bonds is 5. The van der Waals surface area contributed by atoms with Gasteiger partial charge < -0.3 is 9.64 Å². The van der Waals surface area contributed by atoms with Crippen molar-refractivity contribution in [3.05, 3.63) is 65.7 Å². The van der Waals surface area contributed by atoms with Crippen LogP contribution in [0.5, 0.6) is 5.75 Å². The van der Waals surface area contributed by atoms with Crippen molar-refractivity contribution in [1.82, 2.24) is 4.90 Å². The summed E-state index contributed by atoms with van der Waals surface area (Å²) in [6.07, 6.45) is 2.41. The van der Waals surface area contributed by atoms with Gasteiger partial charge in [-0.1, -0.05) is 48.5 Å². The van der Waals surface area contributed by atoms with Crippen molar-refractivity contribution in [2.24, 2.45) is 11.8 Å². The van der Waals surface area contributed by atoms with Crippen LogP contribution in [-0.4, -0.2) is 37.4 Å². The number of piperidine rings is 3. The lowest BCUT2D eigenvalue weighted by Gasteiger charge is -2.47. The smallest absolute Gasteiger partial charge is 0.170 e. The minimum absolute atomic E-state index is 0.133. The molecule has 3 saturated heterocycles. The molecule has 2 bridgehead atoms. The predicted octanol–water partition coefficient (Wildman–Crippen LogP) is 4.00. The van der Waals surface area contributed by atoms with Gasteiger partial charge >= 0.3 is 0 Å². The van der Waals surface area contributed by atoms with Crippen LogP contribution >= 0.6 is 0 Å². The third-order valence-electron chi connectivity index (χ3n) is 5.95. The molecule has 0 aliphatic carbocycles. The molecule has 3 heterocycles. The highest BCUT2D eigenvalue weighted by atomic mass is 16.5. The van der Waals surface area contributed by atoms with E-state index >= 15 is 0 Å². The number of ether oxygens (including phenoxy) is 1. The molecule has 2 unspecified atom stereocenters. The highest BCUT2D eigenvalue weighted by Crippen LogP contribution is 2.44. The third-order valence-corrected chi connectivity index (χ3v) is 5.95. The van der Waals surface area contributed by atoms with Crippen LogP contribution in [0.3, 0.4) is 0 Å². The molecule has 25 heavy (non-hydrogen) atoms. The molecule has 3 nitrogen and oxygen atoms in total. The number of carbonyl (C=O) groups is 1. The summed E-state index contributed by atoms with van der Waals surface area (Å²) in [4.78, 5) is 16.0. The van der Waals surface area contributed by atoms with E-state index in [0.717, 1.165) is 23.4 Å². The van der Waals surface area contributed by atoms with Crippen LogP contribution < -0.4 is 4.74 Å². The maximum atomic E-state index is 13.5. The Hall–Kier alpha value is -2.13. The Kier molecular flexibility index (Phi) is 4.58. The number of hydrogen-bond acceptors (Lipinski definition) is 3. The Bertz CT molecular complexity index is 735. The van der Waals surface area contributed by atoms with Gasteiger partial charge in [0.15, 0.2) is 5.78 Å². The van der Waals surface area contributed by atoms with Crippen LogP contribution in [0, 0.1) is 11.8 Å². The molecule has 0 aromatic heterocycles. The standard InChI is InChI=1S/C22H25NO2/c1-25-20-10-6-5-9-18(20)21(22(24)17-7-3-2-4-8-17)19-15-23-13-11-16(19)12-14-23/h2-10,16,19,21H,11-15H2,1H3. The molecular weight excluding hydrogens is 310 g/mol. The van der Waals surface area contributed by atoms with Crippen LogP contribution in [0.1, 0.15) is 34.7 Å². The van der Waals surface area contributed by atoms with Crippen molar-refractivity contribution in [2.45, 2.75) is 18.8 Å². The molecule has 0 radical (unpaired) electrons. The van der Waals surface area contributed by atoms with E-state index < -0.39 is 0 Å². The van der Waals surface area contributed by atoms with Crippen molar-refractivity contribution in [2.75, 3.05) is 26.7 Å². The first-order valence-electron chi connectivity index (χ1n) is 9.22. The first-order valence-corrected chi connectivity index (χ1v) is 9.22. The van der Waals surface area contributed by atoms with Crippen LogP contribution in [0.25, 0.3) is 0 Å². The highest BCUT2D eigenvalue weighted by Gasteiger charge is 2.42. The highest BCUT2D eigenvalue weighted by molar-refractivity contribution is 6.01. The second-order valence-corrected chi connectivity index (χ2v) is 7.25. The van der Waals surface area contributed by atoms with E-state index in [1.807, 2.05) is 48.5 Å². The predicted molar refractivity (Wildman–Crippen MR) is 99.2 cm³/mol. The normalized spacial score (nSPS) is 26.2. The van der Waals surface area contributed by atoms with Crippen molar-refractivity contribution in [3.8, 4) is 5.75 Å². The Morgan fingerprint density at radius 3 is 2.36 bits per heavy atom. The number of ketones is 1. The molecule has 3 fully saturated rings. The first kappa shape index (κ1) is 16.3. The zero-order valence-electron chi connectivity index (χ0n) is 14.7. The molecule has 2 aromatic rings. The van der Waals surface area contributed by atoms with E-state index in [4.69, 9.17) is 4.74 Å². The molecule has 2 atom stereocenters. The van der Waals surface area contributed by atoms with Gasteiger partial charge in [-0.15, -0.1) is 0 Å². The fraction of sp³-hybridized carbons (Fsp3) is 0.409. The number of Topliss-reactive ketones (excluding diaryl/α,β-unsaturated/α-hetero) is 1. The lowest BCUT2D eigenvalue weighted by atomic mass is 9.68. The van der Waals surface area contributed by atoms with Gasteiger partial charge in [0.2, 0.25) is 0 Å². The number of hydrogen-bond donors (Lipinski definition) is 0. The monoisotopic (exact) mass is 335 g/mol. The third kappa shape index (κ3) is 3.09. The van der Waals surface area contributed by atoms with Crippen LogP contribution in [0.15, 0.2) is 54.6 Å². The first-order chi connectivity index (χ1) is 12.3. The zero-order valence-corrected chi connectivity index (χ0v) is 14.7. The number of nitrogens with zero attached hydrogens (tertiary/aromatic N) is 1. The summed E-state index contributed by atoms with van der Waals surface area (Å²) in [5, 5.41) is 0. The van der Waals surface area contributed by atoms with E-state index in [9.17, 15) is 4.79 Å². The average molecular weight is 335 g/mol. The van der Waals surface area contributed by atoms with Gasteiger partial charge in [0.1, 0.15) is 5.75 Å². The van der Waals surface area contributed by atoms with Gasteiger partial charge in [0, 0.05) is 17.7 Å². The van der Waals surface area contributed by atoms with Crippen LogP contribution in [-0.2, 0) is 0 Å². The van der Waals surface area contributed by atoms with E-state index in [0.29, 0.717) is 11.8 Å². The minimum Gasteiger partial charge on any atom is -0.496 e. The number of para-hydroxylation sites is 1. The van der Waals surface area contributed by atoms with E-state index in [2.05, 4.69) is 11.0 Å². The molecule has 0 N–H and O–H groups in total. The maximum Gasteiger partial charge on any atom is 0.170 e. The Labute approximate surface area is 149 Å². The van der Waals surface area contributed by atoms with Gasteiger partial charge in [0.05, 0.1) is 13.0 Å². The minimum atomic E-state index is -0.133. The molecule has 3 aliphatic rings. The topological polar surface area (TPSA) is 29.5 Å². The lowest BCUT2D eigenvalue weighted by molar-refractivity contribution is 0.0343. The van der Waals surface area contributed by atoms with Crippen molar-refractivity contribution < 1.29 is 9.53 Å². The van der Waals surface area contributed by atoms with E-state index in [1.165, 1.54) is 25.9 Å². The number of benzene rings is 2. The fourth-order valence-corrected chi connectivity index (χ4v) is 4.66. The fourth-order valence-electron chi connectivity index (χ4n) is 4.66. The van der Waals surface area contributed by atoms with Gasteiger partial charge in [-0.2, -0.15) is 0 Å². The van der Waals surface area contributed by atoms with Crippen molar-refractivity contribution in [3.63, 3.8) is 0 Å². The summed E-state index contributed by atoms with van der Waals surface area (Å²) in [5.41, 5.74) is 1.84. The Morgan fingerprint density at radius 1 is 1.04 bits per heavy atom. The molecule has 2 aromatic carbocycles. The molecule has 0 spiro atoms. The van der Waals surface area contributed by atoms with Crippen LogP contribution in [0.2, 0.25) is 0 Å². The molecule has 0 amide bonds. The van der Waals surface area contributed by atoms with Gasteiger partial charge in [0.25, 0.3) is 0 Å². The second-order valence-electron chi connectivity index (χ2n) is 7.25. The van der Waals surface area contributed by atoms with Crippen molar-refractivity contribution in [1.29, 1.82) is 0 Å². The number of carbonyl (C=O) groups excluding carboxylic acids is 1. The molecule has 3 heteroatoms. The molecule has 3 aliphatic heterocycles. The molecule has 0 saturated carbocycles. The molecule has 5 rings (SSSR count). The summed E-state index contributed by atoms with van der Waals surface area (Å²) >= 11 is 0. The van der Waals surface area contributed by atoms with E-state index in [1.54, 1.807) is 7.11 Å². The summed E-state index contributed by atoms with van der Waals surface area (Å²) in [6.45, 7) is 3.38. The van der Waals surface area contributed by atoms with Crippen molar-refractivity contribution >= 4 is 5.78 Å². The van der Waals surface area contributed by atoms with Gasteiger partial charge in [-0.05, 0) is 43.8 Å². The number of methoxy groups -OCH3 is 1. The summed E-state index contributed by atoms with van der Waals surface area (Å²) in [7, 11) is 1.69. The Morgan fingerprint density at radius 2 is 1.72 bits per heavy atom. The maximum absolute atomic E-state index is 13.5.